The van der Waals surface area contributed by atoms with E-state index in [1.807, 2.05) is 0 Å². The molecule has 2 heterocycles. The molecule has 2 aromatic carbocycles. The van der Waals surface area contributed by atoms with E-state index >= 15 is 0 Å². The van der Waals surface area contributed by atoms with Crippen LogP contribution < -0.4 is 0 Å². The van der Waals surface area contributed by atoms with Crippen LogP contribution in [0, 0.1) is 11.6 Å². The fraction of sp³-hybridized carbons (Fsp3) is 0.217. The van der Waals surface area contributed by atoms with E-state index in [1.54, 1.807) is 71.8 Å². The lowest BCUT2D eigenvalue weighted by Crippen LogP contribution is -2.16. The maximum Gasteiger partial charge on any atom is 0.328 e. The van der Waals surface area contributed by atoms with Gasteiger partial charge in [0.1, 0.15) is 23.7 Å². The first-order chi connectivity index (χ1) is 14.8. The van der Waals surface area contributed by atoms with Crippen LogP contribution in [0.15, 0.2) is 60.9 Å². The largest absolute Gasteiger partial charge is 0.480 e. The van der Waals surface area contributed by atoms with Crippen LogP contribution >= 0.6 is 0 Å². The van der Waals surface area contributed by atoms with Crippen molar-refractivity contribution in [2.24, 2.45) is 0 Å². The van der Waals surface area contributed by atoms with Crippen LogP contribution in [0.2, 0.25) is 0 Å². The first kappa shape index (κ1) is 22.0. The Morgan fingerprint density at radius 1 is 0.839 bits per heavy atom. The highest BCUT2D eigenvalue weighted by molar-refractivity contribution is 5.84. The van der Waals surface area contributed by atoms with Gasteiger partial charge in [-0.05, 0) is 50.2 Å². The zero-order chi connectivity index (χ0) is 22.7. The van der Waals surface area contributed by atoms with Gasteiger partial charge >= 0.3 is 11.9 Å². The van der Waals surface area contributed by atoms with Gasteiger partial charge in [-0.2, -0.15) is 0 Å². The monoisotopic (exact) mass is 428 g/mol. The summed E-state index contributed by atoms with van der Waals surface area (Å²) >= 11 is 0. The highest BCUT2D eigenvalue weighted by Crippen LogP contribution is 2.23. The molecule has 0 aliphatic rings. The van der Waals surface area contributed by atoms with Crippen LogP contribution in [0.5, 0.6) is 0 Å². The van der Waals surface area contributed by atoms with E-state index in [4.69, 9.17) is 5.11 Å². The van der Waals surface area contributed by atoms with Gasteiger partial charge in [0.25, 0.3) is 0 Å². The summed E-state index contributed by atoms with van der Waals surface area (Å²) < 4.78 is 34.6. The lowest BCUT2D eigenvalue weighted by atomic mass is 10.2. The Bertz CT molecular complexity index is 1250. The number of nitrogens with zero attached hydrogens (tertiary/aromatic N) is 2. The van der Waals surface area contributed by atoms with Crippen molar-refractivity contribution >= 4 is 33.7 Å². The number of fused-ring (bicyclic) bond motifs is 2. The van der Waals surface area contributed by atoms with Crippen molar-refractivity contribution in [1.82, 2.24) is 9.13 Å². The highest BCUT2D eigenvalue weighted by atomic mass is 19.1. The van der Waals surface area contributed by atoms with E-state index in [2.05, 4.69) is 4.74 Å². The van der Waals surface area contributed by atoms with E-state index in [0.29, 0.717) is 21.8 Å². The van der Waals surface area contributed by atoms with Gasteiger partial charge in [0, 0.05) is 23.2 Å². The molecular formula is C23H22F2N2O4. The maximum absolute atomic E-state index is 13.4. The molecule has 0 aliphatic carbocycles. The first-order valence-corrected chi connectivity index (χ1v) is 9.57. The van der Waals surface area contributed by atoms with E-state index in [9.17, 15) is 18.4 Å². The molecule has 162 valence electrons. The number of carboxylic acids is 1. The lowest BCUT2D eigenvalue weighted by Gasteiger charge is -2.12. The molecule has 0 amide bonds. The molecule has 0 saturated heterocycles. The molecule has 8 heteroatoms. The van der Waals surface area contributed by atoms with Crippen LogP contribution in [0.3, 0.4) is 0 Å². The molecule has 0 saturated carbocycles. The average Bonchev–Trinajstić information content (AvgIpc) is 3.38. The lowest BCUT2D eigenvalue weighted by molar-refractivity contribution is -0.144. The number of methoxy groups -OCH3 is 1. The van der Waals surface area contributed by atoms with Crippen LogP contribution in [-0.2, 0) is 14.3 Å². The summed E-state index contributed by atoms with van der Waals surface area (Å²) in [5, 5.41) is 9.83. The number of hydrogen-bond donors (Lipinski definition) is 1. The zero-order valence-corrected chi connectivity index (χ0v) is 17.3. The summed E-state index contributed by atoms with van der Waals surface area (Å²) in [6.07, 6.45) is 3.28. The van der Waals surface area contributed by atoms with Crippen LogP contribution in [0.25, 0.3) is 21.8 Å². The summed E-state index contributed by atoms with van der Waals surface area (Å²) in [6.45, 7) is 3.28. The molecule has 4 rings (SSSR count). The number of esters is 1. The van der Waals surface area contributed by atoms with Crippen molar-refractivity contribution in [3.05, 3.63) is 72.6 Å². The molecule has 6 nitrogen and oxygen atoms in total. The van der Waals surface area contributed by atoms with Gasteiger partial charge in [0.05, 0.1) is 18.1 Å². The van der Waals surface area contributed by atoms with E-state index in [1.165, 1.54) is 19.2 Å². The van der Waals surface area contributed by atoms with Crippen LogP contribution in [0.1, 0.15) is 25.9 Å². The second-order valence-electron chi connectivity index (χ2n) is 7.00. The number of aromatic nitrogens is 2. The van der Waals surface area contributed by atoms with Crippen LogP contribution in [-0.4, -0.2) is 33.3 Å². The molecule has 1 N–H and O–H groups in total. The average molecular weight is 428 g/mol. The summed E-state index contributed by atoms with van der Waals surface area (Å²) in [5.41, 5.74) is 1.29. The van der Waals surface area contributed by atoms with Crippen molar-refractivity contribution in [1.29, 1.82) is 0 Å². The van der Waals surface area contributed by atoms with E-state index < -0.39 is 18.1 Å². The number of carbonyl (C=O) groups is 2. The second-order valence-corrected chi connectivity index (χ2v) is 7.00. The maximum atomic E-state index is 13.4. The second kappa shape index (κ2) is 8.99. The van der Waals surface area contributed by atoms with Crippen molar-refractivity contribution in [2.75, 3.05) is 7.11 Å². The molecule has 2 unspecified atom stereocenters. The summed E-state index contributed by atoms with van der Waals surface area (Å²) in [5.74, 6) is -1.89. The Morgan fingerprint density at radius 2 is 1.29 bits per heavy atom. The number of halogens is 2. The third-order valence-corrected chi connectivity index (χ3v) is 5.15. The van der Waals surface area contributed by atoms with Crippen LogP contribution in [0.4, 0.5) is 8.78 Å². The predicted molar refractivity (Wildman–Crippen MR) is 113 cm³/mol. The van der Waals surface area contributed by atoms with Gasteiger partial charge in [-0.1, -0.05) is 12.1 Å². The quantitative estimate of drug-likeness (QED) is 0.467. The standard InChI is InChI=1S/C12H12FNO2.C11H10FNO2/c1-8(12(15)16-2)14-7-6-9-10(13)4-3-5-11(9)14;1-7(11(14)15)13-6-5-8-9(12)3-2-4-10(8)13/h3-8H,1-2H3;2-7H,1H3,(H,14,15). The van der Waals surface area contributed by atoms with Gasteiger partial charge in [-0.15, -0.1) is 0 Å². The molecule has 31 heavy (non-hydrogen) atoms. The molecule has 0 fully saturated rings. The van der Waals surface area contributed by atoms with E-state index in [-0.39, 0.29) is 17.6 Å². The Balaban J connectivity index is 0.000000176. The topological polar surface area (TPSA) is 73.5 Å². The molecule has 0 aliphatic heterocycles. The van der Waals surface area contributed by atoms with Crippen molar-refractivity contribution < 1.29 is 28.2 Å². The number of rotatable bonds is 4. The molecule has 4 aromatic rings. The minimum Gasteiger partial charge on any atom is -0.480 e. The first-order valence-electron chi connectivity index (χ1n) is 9.57. The zero-order valence-electron chi connectivity index (χ0n) is 17.3. The SMILES string of the molecule is CC(C(=O)O)n1ccc2c(F)cccc21.COC(=O)C(C)n1ccc2c(F)cccc21. The number of ether oxygens (including phenoxy) is 1. The number of benzene rings is 2. The smallest absolute Gasteiger partial charge is 0.328 e. The molecule has 2 aromatic heterocycles. The predicted octanol–water partition coefficient (Wildman–Crippen LogP) is 4.94. The molecule has 2 atom stereocenters. The minimum absolute atomic E-state index is 0.284. The van der Waals surface area contributed by atoms with Crippen molar-refractivity contribution in [3.63, 3.8) is 0 Å². The van der Waals surface area contributed by atoms with E-state index in [0.717, 1.165) is 0 Å². The molecular weight excluding hydrogens is 406 g/mol. The summed E-state index contributed by atoms with van der Waals surface area (Å²) in [4.78, 5) is 22.2. The summed E-state index contributed by atoms with van der Waals surface area (Å²) in [7, 11) is 1.34. The number of carboxylic acid groups (broad SMARTS) is 1. The Labute approximate surface area is 177 Å². The Hall–Kier alpha value is -3.68. The third kappa shape index (κ3) is 4.28. The van der Waals surface area contributed by atoms with Crippen molar-refractivity contribution in [3.8, 4) is 0 Å². The van der Waals surface area contributed by atoms with Crippen molar-refractivity contribution in [2.45, 2.75) is 25.9 Å². The number of hydrogen-bond acceptors (Lipinski definition) is 3. The minimum atomic E-state index is -0.934. The van der Waals surface area contributed by atoms with Gasteiger partial charge in [0.15, 0.2) is 0 Å². The van der Waals surface area contributed by atoms with Gasteiger partial charge in [-0.25, -0.2) is 18.4 Å². The normalized spacial score (nSPS) is 12.8. The number of aliphatic carboxylic acids is 1. The molecule has 0 bridgehead atoms. The third-order valence-electron chi connectivity index (χ3n) is 5.15. The Kier molecular flexibility index (Phi) is 6.39. The summed E-state index contributed by atoms with van der Waals surface area (Å²) in [6, 6.07) is 11.5. The fourth-order valence-electron chi connectivity index (χ4n) is 3.38. The highest BCUT2D eigenvalue weighted by Gasteiger charge is 2.18. The van der Waals surface area contributed by atoms with Gasteiger partial charge in [-0.3, -0.25) is 0 Å². The fourth-order valence-corrected chi connectivity index (χ4v) is 3.38. The molecule has 0 radical (unpaired) electrons. The number of carbonyl (C=O) groups excluding carboxylic acids is 1. The molecule has 0 spiro atoms. The van der Waals surface area contributed by atoms with Gasteiger partial charge in [0.2, 0.25) is 0 Å². The van der Waals surface area contributed by atoms with Gasteiger partial charge < -0.3 is 19.0 Å². The Morgan fingerprint density at radius 3 is 1.71 bits per heavy atom.